The van der Waals surface area contributed by atoms with Gasteiger partial charge in [-0.05, 0) is 47.5 Å². The highest BCUT2D eigenvalue weighted by Gasteiger charge is 2.57. The third kappa shape index (κ3) is 4.71. The minimum absolute atomic E-state index is 0.297. The smallest absolute Gasteiger partial charge is 0.418 e. The minimum Gasteiger partial charge on any atom is -0.489 e. The van der Waals surface area contributed by atoms with Crippen LogP contribution >= 0.6 is 34.7 Å². The first-order chi connectivity index (χ1) is 19.1. The van der Waals surface area contributed by atoms with Gasteiger partial charge in [-0.1, -0.05) is 71.1 Å². The molecule has 6 nitrogen and oxygen atoms in total. The number of nitrogens with one attached hydrogen (secondary N) is 1. The summed E-state index contributed by atoms with van der Waals surface area (Å²) in [7, 11) is 0. The second-order valence-electron chi connectivity index (χ2n) is 9.26. The molecule has 0 saturated carbocycles. The van der Waals surface area contributed by atoms with Crippen molar-refractivity contribution in [3.63, 3.8) is 0 Å². The molecule has 3 aromatic carbocycles. The number of carbonyl (C=O) groups is 2. The zero-order valence-electron chi connectivity index (χ0n) is 20.3. The zero-order chi connectivity index (χ0) is 28.2. The Morgan fingerprint density at radius 2 is 1.62 bits per heavy atom. The number of H-pyrrole nitrogens is 1. The van der Waals surface area contributed by atoms with Crippen molar-refractivity contribution >= 4 is 52.2 Å². The predicted octanol–water partition coefficient (Wildman–Crippen LogP) is 6.48. The van der Waals surface area contributed by atoms with Gasteiger partial charge in [0, 0.05) is 15.8 Å². The van der Waals surface area contributed by atoms with E-state index in [9.17, 15) is 27.6 Å². The summed E-state index contributed by atoms with van der Waals surface area (Å²) in [5, 5.41) is 0.0534. The quantitative estimate of drug-likeness (QED) is 0.264. The molecule has 1 saturated heterocycles. The fourth-order valence-electron chi connectivity index (χ4n) is 5.04. The molecular weight excluding hydrogens is 585 g/mol. The molecule has 204 valence electrons. The van der Waals surface area contributed by atoms with Crippen LogP contribution in [0.3, 0.4) is 0 Å². The molecule has 12 heteroatoms. The first kappa shape index (κ1) is 26.7. The number of aromatic nitrogens is 1. The SMILES string of the molecule is O=C1C2Sc3[nH]c(=O)sc3[C@H](c3ccc(OCc4ccc(Cl)cc4)cc3)C2C(=O)N1c1ccccc1C(F)(F)F. The van der Waals surface area contributed by atoms with Gasteiger partial charge in [-0.25, -0.2) is 4.90 Å². The number of rotatable bonds is 5. The number of hydrogen-bond donors (Lipinski definition) is 1. The number of thiazole rings is 1. The number of alkyl halides is 3. The van der Waals surface area contributed by atoms with Gasteiger partial charge >= 0.3 is 11.0 Å². The van der Waals surface area contributed by atoms with E-state index in [1.807, 2.05) is 12.1 Å². The lowest BCUT2D eigenvalue weighted by Gasteiger charge is -2.29. The first-order valence-corrected chi connectivity index (χ1v) is 14.1. The largest absolute Gasteiger partial charge is 0.489 e. The Bertz CT molecular complexity index is 1670. The number of aromatic amines is 1. The van der Waals surface area contributed by atoms with Crippen LogP contribution in [-0.4, -0.2) is 22.0 Å². The van der Waals surface area contributed by atoms with Gasteiger partial charge in [0.15, 0.2) is 0 Å². The van der Waals surface area contributed by atoms with Crippen LogP contribution in [0.2, 0.25) is 5.02 Å². The number of fused-ring (bicyclic) bond motifs is 2. The summed E-state index contributed by atoms with van der Waals surface area (Å²) in [5.74, 6) is -2.65. The van der Waals surface area contributed by atoms with Crippen molar-refractivity contribution in [2.45, 2.75) is 29.0 Å². The van der Waals surface area contributed by atoms with E-state index in [4.69, 9.17) is 16.3 Å². The number of para-hydroxylation sites is 1. The van der Waals surface area contributed by atoms with E-state index in [0.29, 0.717) is 37.7 Å². The standard InChI is InChI=1S/C28H18ClF3N2O4S2/c29-16-9-5-14(6-10-16)13-38-17-11-7-15(8-12-17)20-21-23(39-24-22(20)40-27(37)33-24)26(36)34(25(21)35)19-4-2-1-3-18(19)28(30,31)32/h1-12,20-21,23H,13H2,(H,33,37)/t20-,21?,23?/m1/s1. The summed E-state index contributed by atoms with van der Waals surface area (Å²) in [6, 6.07) is 18.7. The molecule has 0 aliphatic carbocycles. The lowest BCUT2D eigenvalue weighted by atomic mass is 9.83. The van der Waals surface area contributed by atoms with Crippen molar-refractivity contribution in [1.29, 1.82) is 0 Å². The number of benzene rings is 3. The van der Waals surface area contributed by atoms with Crippen molar-refractivity contribution in [2.75, 3.05) is 4.90 Å². The van der Waals surface area contributed by atoms with Gasteiger partial charge in [-0.15, -0.1) is 0 Å². The third-order valence-electron chi connectivity index (χ3n) is 6.83. The Balaban J connectivity index is 1.35. The minimum atomic E-state index is -4.76. The normalized spacial score (nSPS) is 20.4. The number of ether oxygens (including phenoxy) is 1. The maximum atomic E-state index is 13.8. The maximum Gasteiger partial charge on any atom is 0.418 e. The summed E-state index contributed by atoms with van der Waals surface area (Å²) in [6.45, 7) is 0.297. The molecule has 0 spiro atoms. The van der Waals surface area contributed by atoms with E-state index in [1.54, 1.807) is 36.4 Å². The van der Waals surface area contributed by atoms with Crippen molar-refractivity contribution in [3.05, 3.63) is 109 Å². The molecule has 2 aliphatic heterocycles. The molecule has 2 unspecified atom stereocenters. The van der Waals surface area contributed by atoms with Crippen LogP contribution in [0.5, 0.6) is 5.75 Å². The summed E-state index contributed by atoms with van der Waals surface area (Å²) < 4.78 is 47.2. The molecule has 0 bridgehead atoms. The Morgan fingerprint density at radius 1 is 0.925 bits per heavy atom. The highest BCUT2D eigenvalue weighted by Crippen LogP contribution is 2.54. The van der Waals surface area contributed by atoms with Crippen LogP contribution < -0.4 is 14.5 Å². The summed E-state index contributed by atoms with van der Waals surface area (Å²) in [6.07, 6.45) is -4.76. The van der Waals surface area contributed by atoms with Crippen molar-refractivity contribution in [2.24, 2.45) is 5.92 Å². The maximum absolute atomic E-state index is 13.8. The monoisotopic (exact) mass is 602 g/mol. The lowest BCUT2D eigenvalue weighted by Crippen LogP contribution is -2.33. The molecule has 3 atom stereocenters. The molecule has 1 aromatic heterocycles. The number of thioether (sulfide) groups is 1. The van der Waals surface area contributed by atoms with Gasteiger partial charge in [0.25, 0.3) is 0 Å². The summed E-state index contributed by atoms with van der Waals surface area (Å²) in [5.41, 5.74) is -0.0155. The van der Waals surface area contributed by atoms with Gasteiger partial charge in [-0.2, -0.15) is 13.2 Å². The number of halogens is 4. The highest BCUT2D eigenvalue weighted by atomic mass is 35.5. The molecule has 40 heavy (non-hydrogen) atoms. The number of anilines is 1. The first-order valence-electron chi connectivity index (χ1n) is 12.0. The van der Waals surface area contributed by atoms with E-state index >= 15 is 0 Å². The van der Waals surface area contributed by atoms with E-state index in [-0.39, 0.29) is 4.87 Å². The molecule has 4 aromatic rings. The van der Waals surface area contributed by atoms with Crippen molar-refractivity contribution in [3.8, 4) is 5.75 Å². The van der Waals surface area contributed by atoms with E-state index in [0.717, 1.165) is 40.8 Å². The number of hydrogen-bond acceptors (Lipinski definition) is 6. The number of imide groups is 1. The number of amides is 2. The third-order valence-corrected chi connectivity index (χ3v) is 9.49. The average molecular weight is 603 g/mol. The van der Waals surface area contributed by atoms with Crippen LogP contribution in [-0.2, 0) is 22.4 Å². The van der Waals surface area contributed by atoms with Gasteiger partial charge < -0.3 is 9.72 Å². The summed E-state index contributed by atoms with van der Waals surface area (Å²) in [4.78, 5) is 43.2. The predicted molar refractivity (Wildman–Crippen MR) is 146 cm³/mol. The van der Waals surface area contributed by atoms with Crippen molar-refractivity contribution < 1.29 is 27.5 Å². The van der Waals surface area contributed by atoms with Gasteiger partial charge in [0.2, 0.25) is 11.8 Å². The van der Waals surface area contributed by atoms with Crippen molar-refractivity contribution in [1.82, 2.24) is 4.98 Å². The zero-order valence-corrected chi connectivity index (χ0v) is 22.7. The molecule has 0 radical (unpaired) electrons. The second-order valence-corrected chi connectivity index (χ2v) is 11.9. The molecule has 2 aliphatic rings. The fourth-order valence-corrected chi connectivity index (χ4v) is 7.68. The van der Waals surface area contributed by atoms with E-state index in [1.165, 1.54) is 12.1 Å². The highest BCUT2D eigenvalue weighted by molar-refractivity contribution is 8.00. The van der Waals surface area contributed by atoms with Crippen LogP contribution in [0.25, 0.3) is 0 Å². The Morgan fingerprint density at radius 3 is 2.33 bits per heavy atom. The van der Waals surface area contributed by atoms with Crippen LogP contribution in [0.15, 0.2) is 82.6 Å². The molecular formula is C28H18ClF3N2O4S2. The van der Waals surface area contributed by atoms with E-state index in [2.05, 4.69) is 4.98 Å². The average Bonchev–Trinajstić information content (AvgIpc) is 3.42. The molecule has 3 heterocycles. The molecule has 2 amide bonds. The Kier molecular flexibility index (Phi) is 6.76. The van der Waals surface area contributed by atoms with Gasteiger partial charge in [0.05, 0.1) is 22.2 Å². The van der Waals surface area contributed by atoms with Crippen LogP contribution in [0.4, 0.5) is 18.9 Å². The fraction of sp³-hybridized carbons (Fsp3) is 0.179. The Hall–Kier alpha value is -3.54. The molecule has 1 fully saturated rings. The number of nitrogens with zero attached hydrogens (tertiary/aromatic N) is 1. The topological polar surface area (TPSA) is 79.5 Å². The van der Waals surface area contributed by atoms with Gasteiger partial charge in [-0.3, -0.25) is 14.4 Å². The van der Waals surface area contributed by atoms with Gasteiger partial charge in [0.1, 0.15) is 17.6 Å². The Labute approximate surface area is 238 Å². The van der Waals surface area contributed by atoms with Crippen LogP contribution in [0.1, 0.15) is 27.5 Å². The number of carbonyl (C=O) groups excluding carboxylic acids is 2. The van der Waals surface area contributed by atoms with E-state index < -0.39 is 46.3 Å². The molecule has 6 rings (SSSR count). The van der Waals surface area contributed by atoms with Crippen LogP contribution in [0, 0.1) is 5.92 Å². The summed E-state index contributed by atoms with van der Waals surface area (Å²) >= 11 is 7.86. The second kappa shape index (κ2) is 10.1. The molecule has 1 N–H and O–H groups in total. The lowest BCUT2D eigenvalue weighted by molar-refractivity contribution is -0.137.